The first kappa shape index (κ1) is 19.5. The van der Waals surface area contributed by atoms with Crippen molar-refractivity contribution in [2.45, 2.75) is 50.0 Å². The lowest BCUT2D eigenvalue weighted by Gasteiger charge is -2.33. The van der Waals surface area contributed by atoms with Crippen molar-refractivity contribution >= 4 is 17.6 Å². The van der Waals surface area contributed by atoms with E-state index in [2.05, 4.69) is 15.0 Å². The zero-order chi connectivity index (χ0) is 19.2. The van der Waals surface area contributed by atoms with Crippen molar-refractivity contribution in [3.63, 3.8) is 0 Å². The van der Waals surface area contributed by atoms with Crippen molar-refractivity contribution in [3.05, 3.63) is 47.7 Å². The van der Waals surface area contributed by atoms with Crippen molar-refractivity contribution in [2.75, 3.05) is 13.3 Å². The molecule has 0 radical (unpaired) electrons. The maximum Gasteiger partial charge on any atom is 0.230 e. The van der Waals surface area contributed by atoms with Crippen molar-refractivity contribution in [2.24, 2.45) is 5.16 Å². The second-order valence-electron chi connectivity index (χ2n) is 6.91. The van der Waals surface area contributed by atoms with E-state index in [0.717, 1.165) is 18.5 Å². The Morgan fingerprint density at radius 1 is 1.15 bits per heavy atom. The molecule has 1 saturated carbocycles. The number of pyridine rings is 1. The van der Waals surface area contributed by atoms with Gasteiger partial charge in [-0.2, -0.15) is 0 Å². The van der Waals surface area contributed by atoms with E-state index in [1.807, 2.05) is 56.6 Å². The van der Waals surface area contributed by atoms with Crippen molar-refractivity contribution in [1.82, 2.24) is 9.88 Å². The highest BCUT2D eigenvalue weighted by Gasteiger charge is 2.25. The highest BCUT2D eigenvalue weighted by atomic mass is 32.2. The van der Waals surface area contributed by atoms with Crippen LogP contribution in [0.5, 0.6) is 11.6 Å². The van der Waals surface area contributed by atoms with Crippen LogP contribution in [0.4, 0.5) is 0 Å². The molecule has 1 N–H and O–H groups in total. The fraction of sp³-hybridized carbons (Fsp3) is 0.429. The highest BCUT2D eigenvalue weighted by molar-refractivity contribution is 7.98. The average molecular weight is 386 g/mol. The first-order valence-corrected chi connectivity index (χ1v) is 10.6. The number of rotatable bonds is 5. The third kappa shape index (κ3) is 4.75. The Balaban J connectivity index is 1.89. The molecule has 0 unspecified atom stereocenters. The summed E-state index contributed by atoms with van der Waals surface area (Å²) < 4.78 is 6.07. The Bertz CT molecular complexity index is 787. The first-order valence-electron chi connectivity index (χ1n) is 9.37. The van der Waals surface area contributed by atoms with E-state index < -0.39 is 0 Å². The lowest BCUT2D eigenvalue weighted by Crippen LogP contribution is -2.39. The SMILES string of the molecule is CSc1ccc(Oc2nc(C)ccc2/C(=N/O)N(C)C2CCCCC2)cc1. The Morgan fingerprint density at radius 3 is 2.48 bits per heavy atom. The minimum absolute atomic E-state index is 0.375. The largest absolute Gasteiger partial charge is 0.438 e. The van der Waals surface area contributed by atoms with Gasteiger partial charge in [-0.15, -0.1) is 11.8 Å². The molecule has 1 heterocycles. The predicted molar refractivity (Wildman–Crippen MR) is 110 cm³/mol. The van der Waals surface area contributed by atoms with Gasteiger partial charge in [-0.25, -0.2) is 4.98 Å². The molecule has 1 aliphatic rings. The van der Waals surface area contributed by atoms with Crippen LogP contribution in [0.25, 0.3) is 0 Å². The molecule has 1 fully saturated rings. The number of aromatic nitrogens is 1. The topological polar surface area (TPSA) is 58.0 Å². The summed E-state index contributed by atoms with van der Waals surface area (Å²) in [6.07, 6.45) is 7.97. The quantitative estimate of drug-likeness (QED) is 0.249. The van der Waals surface area contributed by atoms with Crippen LogP contribution in [0.1, 0.15) is 43.4 Å². The molecular weight excluding hydrogens is 358 g/mol. The maximum atomic E-state index is 9.77. The predicted octanol–water partition coefficient (Wildman–Crippen LogP) is 5.30. The van der Waals surface area contributed by atoms with Gasteiger partial charge in [0.05, 0.1) is 5.56 Å². The summed E-state index contributed by atoms with van der Waals surface area (Å²) >= 11 is 1.69. The summed E-state index contributed by atoms with van der Waals surface area (Å²) in [6.45, 7) is 1.92. The maximum absolute atomic E-state index is 9.77. The summed E-state index contributed by atoms with van der Waals surface area (Å²) in [7, 11) is 1.99. The van der Waals surface area contributed by atoms with E-state index in [-0.39, 0.29) is 0 Å². The Kier molecular flexibility index (Phi) is 6.61. The molecule has 5 nitrogen and oxygen atoms in total. The molecule has 2 aromatic rings. The molecule has 27 heavy (non-hydrogen) atoms. The third-order valence-corrected chi connectivity index (χ3v) is 5.81. The Morgan fingerprint density at radius 2 is 1.85 bits per heavy atom. The molecule has 0 bridgehead atoms. The standard InChI is InChI=1S/C21H27N3O2S/c1-15-9-14-19(20(23-25)24(2)16-7-5-4-6-8-16)21(22-15)26-17-10-12-18(27-3)13-11-17/h9-14,16,25H,4-8H2,1-3H3/b23-20-. The van der Waals surface area contributed by atoms with Gasteiger partial charge < -0.3 is 14.8 Å². The highest BCUT2D eigenvalue weighted by Crippen LogP contribution is 2.29. The molecule has 3 rings (SSSR count). The van der Waals surface area contributed by atoms with Crippen LogP contribution in [-0.2, 0) is 0 Å². The van der Waals surface area contributed by atoms with Crippen molar-refractivity contribution in [1.29, 1.82) is 0 Å². The summed E-state index contributed by atoms with van der Waals surface area (Å²) in [5, 5.41) is 13.4. The van der Waals surface area contributed by atoms with Gasteiger partial charge in [-0.1, -0.05) is 24.4 Å². The number of aryl methyl sites for hydroxylation is 1. The van der Waals surface area contributed by atoms with Crippen LogP contribution in [0.3, 0.4) is 0 Å². The number of benzene rings is 1. The van der Waals surface area contributed by atoms with Gasteiger partial charge in [0, 0.05) is 23.7 Å². The van der Waals surface area contributed by atoms with Gasteiger partial charge in [-0.3, -0.25) is 0 Å². The molecule has 0 aliphatic heterocycles. The van der Waals surface area contributed by atoms with E-state index >= 15 is 0 Å². The Labute approximate surface area is 165 Å². The van der Waals surface area contributed by atoms with Crippen LogP contribution in [-0.4, -0.2) is 40.3 Å². The molecule has 1 aromatic carbocycles. The molecule has 144 valence electrons. The van der Waals surface area contributed by atoms with Crippen molar-refractivity contribution in [3.8, 4) is 11.6 Å². The summed E-state index contributed by atoms with van der Waals surface area (Å²) in [5.41, 5.74) is 1.55. The van der Waals surface area contributed by atoms with E-state index in [1.165, 1.54) is 24.2 Å². The molecule has 1 aromatic heterocycles. The van der Waals surface area contributed by atoms with Crippen LogP contribution < -0.4 is 4.74 Å². The number of nitrogens with zero attached hydrogens (tertiary/aromatic N) is 3. The van der Waals surface area contributed by atoms with E-state index in [0.29, 0.717) is 29.1 Å². The van der Waals surface area contributed by atoms with E-state index in [9.17, 15) is 5.21 Å². The van der Waals surface area contributed by atoms with Crippen LogP contribution in [0.15, 0.2) is 46.4 Å². The lowest BCUT2D eigenvalue weighted by atomic mass is 9.94. The van der Waals surface area contributed by atoms with E-state index in [4.69, 9.17) is 4.74 Å². The minimum Gasteiger partial charge on any atom is -0.438 e. The minimum atomic E-state index is 0.375. The number of ether oxygens (including phenoxy) is 1. The number of thioether (sulfide) groups is 1. The first-order chi connectivity index (χ1) is 13.1. The summed E-state index contributed by atoms with van der Waals surface area (Å²) in [4.78, 5) is 7.80. The molecule has 0 amide bonds. The monoisotopic (exact) mass is 385 g/mol. The molecule has 0 atom stereocenters. The molecular formula is C21H27N3O2S. The zero-order valence-electron chi connectivity index (χ0n) is 16.2. The van der Waals surface area contributed by atoms with Crippen LogP contribution in [0, 0.1) is 6.92 Å². The second-order valence-corrected chi connectivity index (χ2v) is 7.79. The van der Waals surface area contributed by atoms with Gasteiger partial charge in [0.15, 0.2) is 5.84 Å². The number of hydrogen-bond acceptors (Lipinski definition) is 5. The molecule has 0 saturated heterocycles. The van der Waals surface area contributed by atoms with Gasteiger partial charge in [-0.05, 0) is 62.4 Å². The average Bonchev–Trinajstić information content (AvgIpc) is 2.71. The van der Waals surface area contributed by atoms with Gasteiger partial charge in [0.1, 0.15) is 5.75 Å². The molecule has 6 heteroatoms. The van der Waals surface area contributed by atoms with E-state index in [1.54, 1.807) is 11.8 Å². The molecule has 1 aliphatic carbocycles. The van der Waals surface area contributed by atoms with Crippen molar-refractivity contribution < 1.29 is 9.94 Å². The van der Waals surface area contributed by atoms with Crippen LogP contribution in [0.2, 0.25) is 0 Å². The van der Waals surface area contributed by atoms with Gasteiger partial charge >= 0.3 is 0 Å². The number of hydrogen-bond donors (Lipinski definition) is 1. The molecule has 0 spiro atoms. The smallest absolute Gasteiger partial charge is 0.230 e. The lowest BCUT2D eigenvalue weighted by molar-refractivity contribution is 0.256. The number of oxime groups is 1. The fourth-order valence-corrected chi connectivity index (χ4v) is 3.90. The summed E-state index contributed by atoms with van der Waals surface area (Å²) in [6, 6.07) is 12.1. The summed E-state index contributed by atoms with van der Waals surface area (Å²) in [5.74, 6) is 1.68. The van der Waals surface area contributed by atoms with Gasteiger partial charge in [0.25, 0.3) is 0 Å². The van der Waals surface area contributed by atoms with Gasteiger partial charge in [0.2, 0.25) is 5.88 Å². The zero-order valence-corrected chi connectivity index (χ0v) is 17.0. The normalized spacial score (nSPS) is 15.6. The fourth-order valence-electron chi connectivity index (χ4n) is 3.49. The third-order valence-electron chi connectivity index (χ3n) is 5.07. The number of amidine groups is 1. The van der Waals surface area contributed by atoms with Crippen LogP contribution >= 0.6 is 11.8 Å². The Hall–Kier alpha value is -2.21. The second kappa shape index (κ2) is 9.13.